The largest absolute Gasteiger partial charge is 0.507 e. The molecule has 6 N–H and O–H groups in total. The number of methoxy groups -OCH3 is 1. The maximum atomic E-state index is 12.7. The van der Waals surface area contributed by atoms with E-state index in [1.54, 1.807) is 0 Å². The van der Waals surface area contributed by atoms with Gasteiger partial charge in [-0.1, -0.05) is 6.07 Å². The zero-order valence-electron chi connectivity index (χ0n) is 17.7. The lowest BCUT2D eigenvalue weighted by molar-refractivity contribution is -0.271. The van der Waals surface area contributed by atoms with E-state index < -0.39 is 60.1 Å². The predicted molar refractivity (Wildman–Crippen MR) is 110 cm³/mol. The van der Waals surface area contributed by atoms with Gasteiger partial charge in [-0.05, 0) is 17.7 Å². The Balaban J connectivity index is 1.60. The van der Waals surface area contributed by atoms with Gasteiger partial charge in [0.05, 0.1) is 13.5 Å². The minimum Gasteiger partial charge on any atom is -0.507 e. The lowest BCUT2D eigenvalue weighted by atomic mass is 9.95. The Morgan fingerprint density at radius 2 is 1.71 bits per heavy atom. The zero-order valence-corrected chi connectivity index (χ0v) is 17.7. The highest BCUT2D eigenvalue weighted by Crippen LogP contribution is 2.43. The summed E-state index contributed by atoms with van der Waals surface area (Å²) in [5, 5.41) is 59.9. The summed E-state index contributed by atoms with van der Waals surface area (Å²) in [6, 6.07) is 6.24. The molecule has 0 spiro atoms. The summed E-state index contributed by atoms with van der Waals surface area (Å²) in [7, 11) is 1.05. The van der Waals surface area contributed by atoms with E-state index >= 15 is 0 Å². The van der Waals surface area contributed by atoms with Crippen LogP contribution < -0.4 is 9.47 Å². The van der Waals surface area contributed by atoms with Gasteiger partial charge in [-0.2, -0.15) is 0 Å². The molecule has 2 aliphatic heterocycles. The van der Waals surface area contributed by atoms with Crippen LogP contribution in [-0.4, -0.2) is 80.2 Å². The SMILES string of the molecule is COC(=O)C1OC(Oc2cc(O)c3c(c2)OC(c2ccc(O)c(O)c2)CC3=O)C(O)C(O)C1O. The van der Waals surface area contributed by atoms with Crippen molar-refractivity contribution in [3.63, 3.8) is 0 Å². The van der Waals surface area contributed by atoms with Crippen LogP contribution in [0.25, 0.3) is 0 Å². The molecule has 6 unspecified atom stereocenters. The zero-order chi connectivity index (χ0) is 24.7. The first-order valence-corrected chi connectivity index (χ1v) is 10.1. The van der Waals surface area contributed by atoms with Crippen molar-refractivity contribution < 1.29 is 59.2 Å². The van der Waals surface area contributed by atoms with Crippen LogP contribution in [0, 0.1) is 0 Å². The molecule has 0 aliphatic carbocycles. The monoisotopic (exact) mass is 478 g/mol. The molecule has 1 saturated heterocycles. The van der Waals surface area contributed by atoms with Gasteiger partial charge in [0, 0.05) is 12.1 Å². The van der Waals surface area contributed by atoms with Gasteiger partial charge in [0.15, 0.2) is 23.4 Å². The second kappa shape index (κ2) is 8.99. The summed E-state index contributed by atoms with van der Waals surface area (Å²) in [4.78, 5) is 24.5. The number of esters is 1. The molecule has 0 aromatic heterocycles. The van der Waals surface area contributed by atoms with Crippen LogP contribution in [0.1, 0.15) is 28.4 Å². The fourth-order valence-electron chi connectivity index (χ4n) is 3.80. The van der Waals surface area contributed by atoms with Crippen LogP contribution in [0.4, 0.5) is 0 Å². The quantitative estimate of drug-likeness (QED) is 0.252. The molecule has 1 fully saturated rings. The molecule has 2 aromatic carbocycles. The number of carbonyl (C=O) groups excluding carboxylic acids is 2. The number of phenolic OH excluding ortho intramolecular Hbond substituents is 3. The maximum absolute atomic E-state index is 12.7. The fourth-order valence-corrected chi connectivity index (χ4v) is 3.80. The smallest absolute Gasteiger partial charge is 0.337 e. The van der Waals surface area contributed by atoms with Crippen LogP contribution >= 0.6 is 0 Å². The molecule has 0 amide bonds. The second-order valence-electron chi connectivity index (χ2n) is 7.84. The van der Waals surface area contributed by atoms with Gasteiger partial charge in [0.25, 0.3) is 0 Å². The van der Waals surface area contributed by atoms with Crippen molar-refractivity contribution in [1.29, 1.82) is 0 Å². The molecule has 0 bridgehead atoms. The molecule has 182 valence electrons. The molecular weight excluding hydrogens is 456 g/mol. The first kappa shape index (κ1) is 23.6. The Labute approximate surface area is 192 Å². The summed E-state index contributed by atoms with van der Waals surface area (Å²) >= 11 is 0. The number of ketones is 1. The minimum absolute atomic E-state index is 0.0702. The number of rotatable bonds is 4. The average molecular weight is 478 g/mol. The van der Waals surface area contributed by atoms with Gasteiger partial charge in [0.2, 0.25) is 6.29 Å². The van der Waals surface area contributed by atoms with E-state index in [2.05, 4.69) is 4.74 Å². The lowest BCUT2D eigenvalue weighted by Gasteiger charge is -2.39. The molecule has 2 heterocycles. The number of ether oxygens (including phenoxy) is 4. The number of benzene rings is 2. The van der Waals surface area contributed by atoms with Crippen molar-refractivity contribution in [3.8, 4) is 28.7 Å². The molecule has 12 nitrogen and oxygen atoms in total. The van der Waals surface area contributed by atoms with E-state index in [-0.39, 0.29) is 29.2 Å². The summed E-state index contributed by atoms with van der Waals surface area (Å²) in [5.41, 5.74) is 0.281. The van der Waals surface area contributed by atoms with Gasteiger partial charge in [-0.15, -0.1) is 0 Å². The van der Waals surface area contributed by atoms with E-state index in [9.17, 15) is 40.2 Å². The summed E-state index contributed by atoms with van der Waals surface area (Å²) < 4.78 is 21.1. The molecule has 2 aromatic rings. The van der Waals surface area contributed by atoms with Crippen LogP contribution in [0.2, 0.25) is 0 Å². The summed E-state index contributed by atoms with van der Waals surface area (Å²) in [5.74, 6) is -2.91. The Bertz CT molecular complexity index is 1120. The first-order valence-electron chi connectivity index (χ1n) is 10.1. The van der Waals surface area contributed by atoms with Crippen LogP contribution in [0.3, 0.4) is 0 Å². The molecular formula is C22H22O12. The molecule has 2 aliphatic rings. The highest BCUT2D eigenvalue weighted by molar-refractivity contribution is 6.02. The number of phenols is 3. The Hall–Kier alpha value is -3.58. The van der Waals surface area contributed by atoms with Crippen LogP contribution in [-0.2, 0) is 14.3 Å². The maximum Gasteiger partial charge on any atom is 0.337 e. The number of hydrogen-bond acceptors (Lipinski definition) is 12. The third kappa shape index (κ3) is 4.19. The molecule has 12 heteroatoms. The molecule has 6 atom stereocenters. The normalized spacial score (nSPS) is 28.5. The Morgan fingerprint density at radius 1 is 0.971 bits per heavy atom. The van der Waals surface area contributed by atoms with Crippen molar-refractivity contribution in [2.75, 3.05) is 7.11 Å². The number of carbonyl (C=O) groups is 2. The number of aliphatic hydroxyl groups excluding tert-OH is 3. The average Bonchev–Trinajstić information content (AvgIpc) is 2.80. The topological polar surface area (TPSA) is 192 Å². The van der Waals surface area contributed by atoms with Crippen molar-refractivity contribution in [1.82, 2.24) is 0 Å². The van der Waals surface area contributed by atoms with E-state index in [1.807, 2.05) is 0 Å². The molecule has 0 saturated carbocycles. The van der Waals surface area contributed by atoms with Gasteiger partial charge in [-0.25, -0.2) is 4.79 Å². The van der Waals surface area contributed by atoms with Crippen LogP contribution in [0.15, 0.2) is 30.3 Å². The second-order valence-corrected chi connectivity index (χ2v) is 7.84. The summed E-state index contributed by atoms with van der Waals surface area (Å²) in [6.07, 6.45) is -9.66. The van der Waals surface area contributed by atoms with Crippen molar-refractivity contribution >= 4 is 11.8 Å². The third-order valence-corrected chi connectivity index (χ3v) is 5.60. The van der Waals surface area contributed by atoms with E-state index in [0.717, 1.165) is 13.2 Å². The highest BCUT2D eigenvalue weighted by Gasteiger charge is 2.48. The van der Waals surface area contributed by atoms with E-state index in [4.69, 9.17) is 14.2 Å². The van der Waals surface area contributed by atoms with Gasteiger partial charge >= 0.3 is 5.97 Å². The van der Waals surface area contributed by atoms with Gasteiger partial charge in [0.1, 0.15) is 47.2 Å². The van der Waals surface area contributed by atoms with Crippen molar-refractivity contribution in [2.45, 2.75) is 43.2 Å². The Morgan fingerprint density at radius 3 is 2.38 bits per heavy atom. The standard InChI is InChI=1S/C22H22O12/c1-31-21(30)20-18(28)17(27)19(29)22(34-20)32-9-5-12(25)16-13(26)7-14(33-15(16)6-9)8-2-3-10(23)11(24)4-8/h2-6,14,17-20,22-25,27-29H,7H2,1H3. The van der Waals surface area contributed by atoms with Gasteiger partial charge in [-0.3, -0.25) is 4.79 Å². The molecule has 0 radical (unpaired) electrons. The highest BCUT2D eigenvalue weighted by atomic mass is 16.7. The third-order valence-electron chi connectivity index (χ3n) is 5.60. The fraction of sp³-hybridized carbons (Fsp3) is 0.364. The molecule has 34 heavy (non-hydrogen) atoms. The number of Topliss-reactive ketones (excluding diaryl/α,β-unsaturated/α-hetero) is 1. The first-order chi connectivity index (χ1) is 16.1. The molecule has 4 rings (SSSR count). The van der Waals surface area contributed by atoms with E-state index in [0.29, 0.717) is 5.56 Å². The van der Waals surface area contributed by atoms with Crippen molar-refractivity contribution in [2.24, 2.45) is 0 Å². The number of aromatic hydroxyl groups is 3. The van der Waals surface area contributed by atoms with Crippen molar-refractivity contribution in [3.05, 3.63) is 41.5 Å². The Kier molecular flexibility index (Phi) is 6.23. The van der Waals surface area contributed by atoms with Gasteiger partial charge < -0.3 is 49.6 Å². The number of hydrogen-bond donors (Lipinski definition) is 6. The van der Waals surface area contributed by atoms with E-state index in [1.165, 1.54) is 24.3 Å². The summed E-state index contributed by atoms with van der Waals surface area (Å²) in [6.45, 7) is 0. The number of aliphatic hydroxyl groups is 3. The lowest BCUT2D eigenvalue weighted by Crippen LogP contribution is -2.61. The minimum atomic E-state index is -1.81. The number of fused-ring (bicyclic) bond motifs is 1. The van der Waals surface area contributed by atoms with Crippen LogP contribution in [0.5, 0.6) is 28.7 Å². The predicted octanol–water partition coefficient (Wildman–Crippen LogP) is -0.131.